The molecule has 1 heterocycles. The van der Waals surface area contributed by atoms with Crippen LogP contribution in [0.25, 0.3) is 11.1 Å². The van der Waals surface area contributed by atoms with E-state index in [0.29, 0.717) is 12.1 Å². The van der Waals surface area contributed by atoms with Gasteiger partial charge >= 0.3 is 0 Å². The van der Waals surface area contributed by atoms with Gasteiger partial charge in [0.1, 0.15) is 0 Å². The Labute approximate surface area is 140 Å². The molecule has 0 saturated carbocycles. The number of hydrogen-bond donors (Lipinski definition) is 2. The number of carbonyl (C=O) groups excluding carboxylic acids is 1. The fourth-order valence-electron chi connectivity index (χ4n) is 2.65. The van der Waals surface area contributed by atoms with Crippen molar-refractivity contribution in [1.29, 1.82) is 0 Å². The second-order valence-electron chi connectivity index (χ2n) is 5.64. The number of amides is 1. The van der Waals surface area contributed by atoms with Crippen LogP contribution in [-0.4, -0.2) is 10.9 Å². The number of aromatic nitrogens is 1. The van der Waals surface area contributed by atoms with Gasteiger partial charge in [0.15, 0.2) is 0 Å². The minimum atomic E-state index is -0.119. The van der Waals surface area contributed by atoms with Crippen molar-refractivity contribution in [3.63, 3.8) is 0 Å². The number of benzene rings is 2. The molecule has 4 nitrogen and oxygen atoms in total. The Bertz CT molecular complexity index is 914. The molecule has 0 aliphatic rings. The van der Waals surface area contributed by atoms with Crippen LogP contribution in [0.3, 0.4) is 0 Å². The van der Waals surface area contributed by atoms with Crippen molar-refractivity contribution in [2.24, 2.45) is 0 Å². The van der Waals surface area contributed by atoms with Crippen molar-refractivity contribution in [3.05, 3.63) is 93.9 Å². The quantitative estimate of drug-likeness (QED) is 0.775. The third kappa shape index (κ3) is 3.60. The summed E-state index contributed by atoms with van der Waals surface area (Å²) in [4.78, 5) is 26.1. The number of nitrogens with one attached hydrogen (secondary N) is 2. The van der Waals surface area contributed by atoms with E-state index in [2.05, 4.69) is 10.3 Å². The second kappa shape index (κ2) is 6.96. The van der Waals surface area contributed by atoms with Crippen LogP contribution >= 0.6 is 0 Å². The van der Waals surface area contributed by atoms with Gasteiger partial charge in [-0.2, -0.15) is 0 Å². The molecule has 0 aliphatic carbocycles. The molecule has 0 saturated heterocycles. The van der Waals surface area contributed by atoms with E-state index >= 15 is 0 Å². The van der Waals surface area contributed by atoms with E-state index < -0.39 is 0 Å². The number of hydrogen-bond acceptors (Lipinski definition) is 2. The molecule has 4 heteroatoms. The monoisotopic (exact) mass is 318 g/mol. The van der Waals surface area contributed by atoms with E-state index in [4.69, 9.17) is 0 Å². The van der Waals surface area contributed by atoms with E-state index in [9.17, 15) is 9.59 Å². The van der Waals surface area contributed by atoms with Crippen molar-refractivity contribution >= 4 is 5.91 Å². The summed E-state index contributed by atoms with van der Waals surface area (Å²) >= 11 is 0. The minimum Gasteiger partial charge on any atom is -0.348 e. The normalized spacial score (nSPS) is 10.4. The van der Waals surface area contributed by atoms with Crippen LogP contribution in [-0.2, 0) is 6.54 Å². The Morgan fingerprint density at radius 3 is 2.54 bits per heavy atom. The molecule has 3 aromatic rings. The fraction of sp³-hybridized carbons (Fsp3) is 0.100. The van der Waals surface area contributed by atoms with E-state index in [1.165, 1.54) is 0 Å². The van der Waals surface area contributed by atoms with Crippen LogP contribution in [0.1, 0.15) is 21.5 Å². The van der Waals surface area contributed by atoms with Gasteiger partial charge in [-0.25, -0.2) is 0 Å². The summed E-state index contributed by atoms with van der Waals surface area (Å²) in [7, 11) is 0. The standard InChI is InChI=1S/C20H18N2O2/c1-14-11-15(13-22-20(24)16-5-3-2-4-6-16)7-8-18(14)17-9-10-21-19(23)12-17/h2-12H,13H2,1H3,(H,21,23)(H,22,24). The van der Waals surface area contributed by atoms with Crippen molar-refractivity contribution < 1.29 is 4.79 Å². The zero-order valence-electron chi connectivity index (χ0n) is 13.4. The summed E-state index contributed by atoms with van der Waals surface area (Å²) in [6.07, 6.45) is 1.64. The Morgan fingerprint density at radius 1 is 1.04 bits per heavy atom. The number of pyridine rings is 1. The van der Waals surface area contributed by atoms with E-state index in [0.717, 1.165) is 22.3 Å². The summed E-state index contributed by atoms with van der Waals surface area (Å²) in [5.41, 5.74) is 4.51. The first-order chi connectivity index (χ1) is 11.6. The lowest BCUT2D eigenvalue weighted by Gasteiger charge is -2.10. The summed E-state index contributed by atoms with van der Waals surface area (Å²) in [6.45, 7) is 2.46. The van der Waals surface area contributed by atoms with Crippen molar-refractivity contribution in [1.82, 2.24) is 10.3 Å². The van der Waals surface area contributed by atoms with Gasteiger partial charge < -0.3 is 10.3 Å². The Hall–Kier alpha value is -3.14. The van der Waals surface area contributed by atoms with Gasteiger partial charge in [0.2, 0.25) is 5.56 Å². The molecule has 0 radical (unpaired) electrons. The molecule has 0 spiro atoms. The highest BCUT2D eigenvalue weighted by Gasteiger charge is 2.06. The average molecular weight is 318 g/mol. The van der Waals surface area contributed by atoms with Gasteiger partial charge in [-0.3, -0.25) is 9.59 Å². The highest BCUT2D eigenvalue weighted by molar-refractivity contribution is 5.94. The summed E-state index contributed by atoms with van der Waals surface area (Å²) < 4.78 is 0. The van der Waals surface area contributed by atoms with Gasteiger partial charge in [-0.1, -0.05) is 36.4 Å². The number of H-pyrrole nitrogens is 1. The first-order valence-electron chi connectivity index (χ1n) is 7.75. The van der Waals surface area contributed by atoms with Gasteiger partial charge in [0.05, 0.1) is 0 Å². The Kier molecular flexibility index (Phi) is 4.57. The highest BCUT2D eigenvalue weighted by atomic mass is 16.1. The predicted molar refractivity (Wildman–Crippen MR) is 94.8 cm³/mol. The first-order valence-corrected chi connectivity index (χ1v) is 7.75. The van der Waals surface area contributed by atoms with E-state index in [1.54, 1.807) is 24.4 Å². The second-order valence-corrected chi connectivity index (χ2v) is 5.64. The number of aryl methyl sites for hydroxylation is 1. The largest absolute Gasteiger partial charge is 0.348 e. The number of aromatic amines is 1. The maximum absolute atomic E-state index is 12.1. The van der Waals surface area contributed by atoms with Gasteiger partial charge in [-0.15, -0.1) is 0 Å². The SMILES string of the molecule is Cc1cc(CNC(=O)c2ccccc2)ccc1-c1cc[nH]c(=O)c1. The average Bonchev–Trinajstić information content (AvgIpc) is 2.60. The molecular weight excluding hydrogens is 300 g/mol. The maximum Gasteiger partial charge on any atom is 0.251 e. The Balaban J connectivity index is 1.73. The highest BCUT2D eigenvalue weighted by Crippen LogP contribution is 2.22. The molecule has 1 amide bonds. The lowest BCUT2D eigenvalue weighted by atomic mass is 9.99. The molecule has 120 valence electrons. The van der Waals surface area contributed by atoms with Crippen LogP contribution in [0, 0.1) is 6.92 Å². The van der Waals surface area contributed by atoms with Crippen LogP contribution < -0.4 is 10.9 Å². The predicted octanol–water partition coefficient (Wildman–Crippen LogP) is 3.28. The lowest BCUT2D eigenvalue weighted by molar-refractivity contribution is 0.0951. The molecule has 2 N–H and O–H groups in total. The lowest BCUT2D eigenvalue weighted by Crippen LogP contribution is -2.22. The number of rotatable bonds is 4. The fourth-order valence-corrected chi connectivity index (χ4v) is 2.65. The molecule has 0 unspecified atom stereocenters. The third-order valence-corrected chi connectivity index (χ3v) is 3.87. The molecule has 1 aromatic heterocycles. The maximum atomic E-state index is 12.1. The summed E-state index contributed by atoms with van der Waals surface area (Å²) in [5, 5.41) is 2.92. The van der Waals surface area contributed by atoms with Crippen LogP contribution in [0.15, 0.2) is 71.7 Å². The zero-order valence-corrected chi connectivity index (χ0v) is 13.4. The van der Waals surface area contributed by atoms with Gasteiger partial charge in [0, 0.05) is 24.4 Å². The molecule has 0 fully saturated rings. The van der Waals surface area contributed by atoms with E-state index in [1.807, 2.05) is 49.4 Å². The van der Waals surface area contributed by atoms with Crippen molar-refractivity contribution in [2.45, 2.75) is 13.5 Å². The molecule has 24 heavy (non-hydrogen) atoms. The van der Waals surface area contributed by atoms with Crippen LogP contribution in [0.5, 0.6) is 0 Å². The molecule has 0 aliphatic heterocycles. The van der Waals surface area contributed by atoms with Crippen molar-refractivity contribution in [2.75, 3.05) is 0 Å². The summed E-state index contributed by atoms with van der Waals surface area (Å²) in [6, 6.07) is 18.6. The molecule has 2 aromatic carbocycles. The third-order valence-electron chi connectivity index (χ3n) is 3.87. The van der Waals surface area contributed by atoms with Crippen molar-refractivity contribution in [3.8, 4) is 11.1 Å². The molecule has 3 rings (SSSR count). The smallest absolute Gasteiger partial charge is 0.251 e. The minimum absolute atomic E-state index is 0.0908. The molecule has 0 bridgehead atoms. The number of carbonyl (C=O) groups is 1. The van der Waals surface area contributed by atoms with E-state index in [-0.39, 0.29) is 11.5 Å². The summed E-state index contributed by atoms with van der Waals surface area (Å²) in [5.74, 6) is -0.0908. The van der Waals surface area contributed by atoms with Gasteiger partial charge in [-0.05, 0) is 47.4 Å². The van der Waals surface area contributed by atoms with Gasteiger partial charge in [0.25, 0.3) is 5.91 Å². The topological polar surface area (TPSA) is 62.0 Å². The van der Waals surface area contributed by atoms with Crippen LogP contribution in [0.2, 0.25) is 0 Å². The zero-order chi connectivity index (χ0) is 16.9. The first kappa shape index (κ1) is 15.7. The molecular formula is C20H18N2O2. The van der Waals surface area contributed by atoms with Crippen LogP contribution in [0.4, 0.5) is 0 Å². The Morgan fingerprint density at radius 2 is 1.83 bits per heavy atom. The molecule has 0 atom stereocenters.